The first-order valence-electron chi connectivity index (χ1n) is 44.0. The molecule has 4 saturated carbocycles. The molecule has 5 aliphatic carbocycles. The molecule has 0 amide bonds. The van der Waals surface area contributed by atoms with Crippen molar-refractivity contribution < 1.29 is 208 Å². The van der Waals surface area contributed by atoms with Crippen molar-refractivity contribution in [1.82, 2.24) is 0 Å². The standard InChI is InChI=1S/C84H136O42/c1-11-80(7,109)18-12-13-33(2)68(107)121-65-42(118-70-61(105)66(43(32-112-70)119-73-56(100)52(96)49(93)38(25-85)114-73)123-71-59(103)63(37(90)30-111-71)122-75-57(101)53(97)50(94)39(26-86)115-75)31-113-72(60(65)104)126-77(108)84-22-21-78(3,4)23-35(84)34-14-15-45-81(8)19-17-47(79(5,6)44(81)16-20-82(45,9)83(34,10)24-46(84)91)120-74-58(102)54(98)64(41(28-88)117-74)124-76-62(106)67(51(95)40(27-87)116-76)125-69-55(99)48(92)36(89)29-110-69/h11,14,33,35-67,69-76,85-106,109H,1,12-13,15-32H2,2-10H3. The van der Waals surface area contributed by atoms with E-state index in [1.54, 1.807) is 13.8 Å². The van der Waals surface area contributed by atoms with E-state index in [9.17, 15) is 122 Å². The molecule has 0 aromatic rings. The molecular formula is C84H136O42. The van der Waals surface area contributed by atoms with Crippen molar-refractivity contribution in [2.75, 3.05) is 52.9 Å². The van der Waals surface area contributed by atoms with Crippen molar-refractivity contribution in [3.8, 4) is 0 Å². The quantitative estimate of drug-likeness (QED) is 0.0206. The number of aliphatic hydroxyl groups excluding tert-OH is 22. The third kappa shape index (κ3) is 18.8. The first kappa shape index (κ1) is 100. The normalized spacial score (nSPS) is 51.0. The molecule has 47 atom stereocenters. The Morgan fingerprint density at radius 1 is 0.476 bits per heavy atom. The Kier molecular flexibility index (Phi) is 31.3. The van der Waals surface area contributed by atoms with Gasteiger partial charge in [-0.25, -0.2) is 0 Å². The van der Waals surface area contributed by atoms with Crippen LogP contribution in [0.1, 0.15) is 139 Å². The summed E-state index contributed by atoms with van der Waals surface area (Å²) in [5.74, 6) is -3.48. The average Bonchev–Trinajstić information content (AvgIpc) is 0.669. The van der Waals surface area contributed by atoms with Gasteiger partial charge in [0.2, 0.25) is 6.29 Å². The Bertz CT molecular complexity index is 3650. The van der Waals surface area contributed by atoms with Gasteiger partial charge in [0.15, 0.2) is 56.2 Å². The summed E-state index contributed by atoms with van der Waals surface area (Å²) in [7, 11) is 0. The molecule has 0 bridgehead atoms. The number of hydrogen-bond donors (Lipinski definition) is 23. The summed E-state index contributed by atoms with van der Waals surface area (Å²) in [6, 6.07) is 0. The maximum absolute atomic E-state index is 16.0. The van der Waals surface area contributed by atoms with Crippen LogP contribution in [-0.4, -0.2) is 421 Å². The summed E-state index contributed by atoms with van der Waals surface area (Å²) in [5, 5.41) is 255. The van der Waals surface area contributed by atoms with Crippen LogP contribution in [0, 0.1) is 56.2 Å². The highest BCUT2D eigenvalue weighted by molar-refractivity contribution is 5.80. The van der Waals surface area contributed by atoms with Gasteiger partial charge in [-0.05, 0) is 129 Å². The van der Waals surface area contributed by atoms with Crippen molar-refractivity contribution in [1.29, 1.82) is 0 Å². The van der Waals surface area contributed by atoms with Gasteiger partial charge in [0.05, 0.1) is 76.6 Å². The first-order valence-corrected chi connectivity index (χ1v) is 44.0. The van der Waals surface area contributed by atoms with E-state index in [1.807, 2.05) is 0 Å². The zero-order valence-electron chi connectivity index (χ0n) is 72.3. The molecule has 8 aliphatic heterocycles. The Hall–Kier alpha value is -3.10. The summed E-state index contributed by atoms with van der Waals surface area (Å²) >= 11 is 0. The third-order valence-corrected chi connectivity index (χ3v) is 30.8. The highest BCUT2D eigenvalue weighted by atomic mass is 16.8. The van der Waals surface area contributed by atoms with Crippen LogP contribution in [0.2, 0.25) is 0 Å². The van der Waals surface area contributed by atoms with E-state index >= 15 is 4.79 Å². The fourth-order valence-electron chi connectivity index (χ4n) is 22.8. The molecule has 42 nitrogen and oxygen atoms in total. The van der Waals surface area contributed by atoms with Gasteiger partial charge in [-0.2, -0.15) is 0 Å². The Morgan fingerprint density at radius 3 is 1.57 bits per heavy atom. The zero-order valence-corrected chi connectivity index (χ0v) is 72.3. The summed E-state index contributed by atoms with van der Waals surface area (Å²) in [4.78, 5) is 30.5. The topological polar surface area (TPSA) is 656 Å². The summed E-state index contributed by atoms with van der Waals surface area (Å²) in [6.07, 6.45) is -59.1. The lowest BCUT2D eigenvalue weighted by molar-refractivity contribution is -0.384. The van der Waals surface area contributed by atoms with Crippen molar-refractivity contribution in [3.63, 3.8) is 0 Å². The van der Waals surface area contributed by atoms with Gasteiger partial charge >= 0.3 is 11.9 Å². The number of carbonyl (C=O) groups excluding carboxylic acids is 2. The number of esters is 2. The molecule has 0 spiro atoms. The minimum absolute atomic E-state index is 0.0303. The van der Waals surface area contributed by atoms with Gasteiger partial charge in [-0.1, -0.05) is 73.1 Å². The van der Waals surface area contributed by atoms with E-state index in [1.165, 1.54) is 6.08 Å². The molecular weight excluding hydrogens is 1680 g/mol. The van der Waals surface area contributed by atoms with Crippen molar-refractivity contribution in [2.45, 2.75) is 378 Å². The second-order valence-corrected chi connectivity index (χ2v) is 39.6. The predicted octanol–water partition coefficient (Wildman–Crippen LogP) is -6.92. The van der Waals surface area contributed by atoms with Gasteiger partial charge in [0.25, 0.3) is 0 Å². The minimum atomic E-state index is -2.17. The van der Waals surface area contributed by atoms with Crippen LogP contribution in [0.4, 0.5) is 0 Å². The molecule has 42 heteroatoms. The molecule has 0 aromatic heterocycles. The number of allylic oxidation sites excluding steroid dienone is 2. The monoisotopic (exact) mass is 1820 g/mol. The first-order chi connectivity index (χ1) is 59.2. The highest BCUT2D eigenvalue weighted by Crippen LogP contribution is 2.76. The number of rotatable bonds is 27. The average molecular weight is 1820 g/mol. The van der Waals surface area contributed by atoms with Gasteiger partial charge < -0.3 is 198 Å². The SMILES string of the molecule is C=CC(C)(O)CCCC(C)C(=O)OC1C(OC2OCC(OC3OC(CO)C(O)C(O)C3O)C(OC3OCC(O)C(OC4OC(CO)C(O)C(O)C4O)C3O)C2O)COC(OC(=O)C23CCC(C)(C)CC2C2=CCC4C5(C)CCC(OC6OC(CO)C(OC7OC(CO)C(O)C(OC8OCC(O)C(O)C8O)C7O)C(O)C6O)C(C)(C)C5CCC4(C)C2(C)CC3O)C1O. The maximum atomic E-state index is 16.0. The van der Waals surface area contributed by atoms with Crippen LogP contribution in [-0.2, 0) is 90.1 Å². The molecule has 13 rings (SSSR count). The lowest BCUT2D eigenvalue weighted by Gasteiger charge is -2.71. The maximum Gasteiger partial charge on any atom is 0.317 e. The highest BCUT2D eigenvalue weighted by Gasteiger charge is 2.73. The van der Waals surface area contributed by atoms with Gasteiger partial charge in [0, 0.05) is 0 Å². The molecule has 8 saturated heterocycles. The molecule has 12 fully saturated rings. The Labute approximate surface area is 728 Å². The fraction of sp³-hybridized carbons (Fsp3) is 0.929. The third-order valence-electron chi connectivity index (χ3n) is 30.8. The lowest BCUT2D eigenvalue weighted by Crippen LogP contribution is -2.68. The van der Waals surface area contributed by atoms with Crippen molar-refractivity contribution in [2.24, 2.45) is 56.2 Å². The van der Waals surface area contributed by atoms with Gasteiger partial charge in [0.1, 0.15) is 164 Å². The fourth-order valence-corrected chi connectivity index (χ4v) is 22.8. The predicted molar refractivity (Wildman–Crippen MR) is 418 cm³/mol. The Morgan fingerprint density at radius 2 is 0.952 bits per heavy atom. The number of ether oxygens (including phenoxy) is 17. The van der Waals surface area contributed by atoms with E-state index in [2.05, 4.69) is 61.1 Å². The van der Waals surface area contributed by atoms with Gasteiger partial charge in [-0.15, -0.1) is 6.58 Å². The molecule has 724 valence electrons. The lowest BCUT2D eigenvalue weighted by atomic mass is 9.33. The molecule has 13 aliphatic rings. The van der Waals surface area contributed by atoms with Crippen LogP contribution >= 0.6 is 0 Å². The molecule has 23 N–H and O–H groups in total. The van der Waals surface area contributed by atoms with Crippen LogP contribution in [0.3, 0.4) is 0 Å². The zero-order chi connectivity index (χ0) is 92.1. The largest absolute Gasteiger partial charge is 0.456 e. The minimum Gasteiger partial charge on any atom is -0.456 e. The van der Waals surface area contributed by atoms with Gasteiger partial charge in [-0.3, -0.25) is 9.59 Å². The van der Waals surface area contributed by atoms with E-state index in [0.717, 1.165) is 5.57 Å². The van der Waals surface area contributed by atoms with E-state index in [-0.39, 0.29) is 43.9 Å². The number of fused-ring (bicyclic) bond motifs is 7. The Balaban J connectivity index is 0.718. The summed E-state index contributed by atoms with van der Waals surface area (Å²) in [6.45, 7) is 15.8. The molecule has 8 heterocycles. The van der Waals surface area contributed by atoms with Crippen LogP contribution in [0.15, 0.2) is 24.3 Å². The second kappa shape index (κ2) is 39.3. The number of aliphatic hydroxyl groups is 23. The van der Waals surface area contributed by atoms with E-state index < -0.39 is 348 Å². The van der Waals surface area contributed by atoms with Crippen LogP contribution < -0.4 is 0 Å². The summed E-state index contributed by atoms with van der Waals surface area (Å²) in [5.41, 5.74) is -4.74. The molecule has 0 aromatic carbocycles. The molecule has 47 unspecified atom stereocenters. The molecule has 126 heavy (non-hydrogen) atoms. The smallest absolute Gasteiger partial charge is 0.317 e. The molecule has 0 radical (unpaired) electrons. The van der Waals surface area contributed by atoms with Crippen LogP contribution in [0.5, 0.6) is 0 Å². The van der Waals surface area contributed by atoms with Crippen molar-refractivity contribution >= 4 is 11.9 Å². The number of carbonyl (C=O) groups is 2. The second-order valence-electron chi connectivity index (χ2n) is 39.6. The number of hydrogen-bond acceptors (Lipinski definition) is 42. The van der Waals surface area contributed by atoms with E-state index in [4.69, 9.17) is 80.5 Å². The summed E-state index contributed by atoms with van der Waals surface area (Å²) < 4.78 is 102. The van der Waals surface area contributed by atoms with Crippen molar-refractivity contribution in [3.05, 3.63) is 24.3 Å². The van der Waals surface area contributed by atoms with E-state index in [0.29, 0.717) is 44.9 Å². The van der Waals surface area contributed by atoms with Crippen LogP contribution in [0.25, 0.3) is 0 Å².